The Morgan fingerprint density at radius 2 is 2.00 bits per heavy atom. The first kappa shape index (κ1) is 13.2. The van der Waals surface area contributed by atoms with Crippen molar-refractivity contribution in [3.05, 3.63) is 46.1 Å². The molecule has 0 saturated carbocycles. The molecule has 1 aromatic carbocycles. The molecule has 1 aromatic rings. The van der Waals surface area contributed by atoms with Crippen LogP contribution in [0, 0.1) is 3.57 Å². The Morgan fingerprint density at radius 3 is 2.62 bits per heavy atom. The summed E-state index contributed by atoms with van der Waals surface area (Å²) in [7, 11) is 0. The van der Waals surface area contributed by atoms with Crippen LogP contribution in [0.1, 0.15) is 5.56 Å². The first-order valence-electron chi connectivity index (χ1n) is 4.84. The molecule has 0 atom stereocenters. The average Bonchev–Trinajstić information content (AvgIpc) is 2.31. The standard InChI is InChI=1S/C12H13IO3/c1-2-12(14)16-8-7-15-9-10-3-5-11(13)6-4-10/h2-6H,1,7-9H2. The fourth-order valence-corrected chi connectivity index (χ4v) is 1.39. The number of benzene rings is 1. The van der Waals surface area contributed by atoms with E-state index in [-0.39, 0.29) is 6.61 Å². The van der Waals surface area contributed by atoms with Crippen LogP contribution in [0.3, 0.4) is 0 Å². The van der Waals surface area contributed by atoms with E-state index in [4.69, 9.17) is 9.47 Å². The monoisotopic (exact) mass is 332 g/mol. The highest BCUT2D eigenvalue weighted by atomic mass is 127. The molecular weight excluding hydrogens is 319 g/mol. The maximum absolute atomic E-state index is 10.7. The van der Waals surface area contributed by atoms with Gasteiger partial charge in [0, 0.05) is 9.65 Å². The Kier molecular flexibility index (Phi) is 6.10. The van der Waals surface area contributed by atoms with Gasteiger partial charge >= 0.3 is 5.97 Å². The maximum atomic E-state index is 10.7. The Morgan fingerprint density at radius 1 is 1.31 bits per heavy atom. The predicted octanol–water partition coefficient (Wildman–Crippen LogP) is 2.54. The van der Waals surface area contributed by atoms with Crippen molar-refractivity contribution in [2.24, 2.45) is 0 Å². The number of carbonyl (C=O) groups is 1. The number of esters is 1. The van der Waals surface area contributed by atoms with E-state index in [1.54, 1.807) is 0 Å². The van der Waals surface area contributed by atoms with Crippen LogP contribution < -0.4 is 0 Å². The second-order valence-corrected chi connectivity index (χ2v) is 4.30. The Labute approximate surface area is 109 Å². The van der Waals surface area contributed by atoms with E-state index in [1.807, 2.05) is 24.3 Å². The van der Waals surface area contributed by atoms with Crippen molar-refractivity contribution >= 4 is 28.6 Å². The van der Waals surface area contributed by atoms with Gasteiger partial charge in [-0.15, -0.1) is 0 Å². The quantitative estimate of drug-likeness (QED) is 0.348. The number of rotatable bonds is 6. The van der Waals surface area contributed by atoms with Crippen molar-refractivity contribution in [2.45, 2.75) is 6.61 Å². The van der Waals surface area contributed by atoms with Gasteiger partial charge in [0.15, 0.2) is 0 Å². The minimum Gasteiger partial charge on any atom is -0.460 e. The largest absolute Gasteiger partial charge is 0.460 e. The molecule has 0 unspecified atom stereocenters. The Bertz CT molecular complexity index is 346. The van der Waals surface area contributed by atoms with Crippen molar-refractivity contribution in [1.82, 2.24) is 0 Å². The molecule has 0 N–H and O–H groups in total. The summed E-state index contributed by atoms with van der Waals surface area (Å²) in [5.41, 5.74) is 1.11. The van der Waals surface area contributed by atoms with Crippen molar-refractivity contribution in [2.75, 3.05) is 13.2 Å². The molecule has 0 heterocycles. The van der Waals surface area contributed by atoms with Crippen LogP contribution >= 0.6 is 22.6 Å². The van der Waals surface area contributed by atoms with E-state index >= 15 is 0 Å². The molecule has 86 valence electrons. The van der Waals surface area contributed by atoms with Crippen LogP contribution in [0.15, 0.2) is 36.9 Å². The average molecular weight is 332 g/mol. The summed E-state index contributed by atoms with van der Waals surface area (Å²) in [6.45, 7) is 4.48. The molecule has 0 aliphatic rings. The fraction of sp³-hybridized carbons (Fsp3) is 0.250. The summed E-state index contributed by atoms with van der Waals surface area (Å²) >= 11 is 2.25. The summed E-state index contributed by atoms with van der Waals surface area (Å²) in [4.78, 5) is 10.7. The van der Waals surface area contributed by atoms with Crippen molar-refractivity contribution < 1.29 is 14.3 Å². The lowest BCUT2D eigenvalue weighted by Crippen LogP contribution is -2.08. The zero-order chi connectivity index (χ0) is 11.8. The SMILES string of the molecule is C=CC(=O)OCCOCc1ccc(I)cc1. The highest BCUT2D eigenvalue weighted by molar-refractivity contribution is 14.1. The second-order valence-electron chi connectivity index (χ2n) is 3.05. The smallest absolute Gasteiger partial charge is 0.330 e. The second kappa shape index (κ2) is 7.40. The predicted molar refractivity (Wildman–Crippen MR) is 70.0 cm³/mol. The van der Waals surface area contributed by atoms with E-state index in [9.17, 15) is 4.79 Å². The normalized spacial score (nSPS) is 9.81. The van der Waals surface area contributed by atoms with E-state index in [0.29, 0.717) is 13.2 Å². The number of hydrogen-bond donors (Lipinski definition) is 0. The van der Waals surface area contributed by atoms with Crippen molar-refractivity contribution in [1.29, 1.82) is 0 Å². The van der Waals surface area contributed by atoms with Crippen LogP contribution in [0.25, 0.3) is 0 Å². The summed E-state index contributed by atoms with van der Waals surface area (Å²) in [6, 6.07) is 8.07. The lowest BCUT2D eigenvalue weighted by atomic mass is 10.2. The third-order valence-electron chi connectivity index (χ3n) is 1.82. The lowest BCUT2D eigenvalue weighted by Gasteiger charge is -2.04. The third-order valence-corrected chi connectivity index (χ3v) is 2.54. The zero-order valence-corrected chi connectivity index (χ0v) is 11.0. The molecule has 0 fully saturated rings. The van der Waals surface area contributed by atoms with E-state index in [2.05, 4.69) is 29.2 Å². The topological polar surface area (TPSA) is 35.5 Å². The molecule has 0 aromatic heterocycles. The molecule has 0 spiro atoms. The van der Waals surface area contributed by atoms with Crippen molar-refractivity contribution in [3.8, 4) is 0 Å². The highest BCUT2D eigenvalue weighted by Gasteiger charge is 1.96. The molecule has 1 rings (SSSR count). The number of halogens is 1. The molecular formula is C12H13IO3. The highest BCUT2D eigenvalue weighted by Crippen LogP contribution is 2.07. The Balaban J connectivity index is 2.14. The van der Waals surface area contributed by atoms with Crippen LogP contribution in [0.5, 0.6) is 0 Å². The van der Waals surface area contributed by atoms with Crippen LogP contribution in [0.4, 0.5) is 0 Å². The summed E-state index contributed by atoms with van der Waals surface area (Å²) in [6.07, 6.45) is 1.14. The van der Waals surface area contributed by atoms with E-state index < -0.39 is 5.97 Å². The molecule has 3 nitrogen and oxygen atoms in total. The van der Waals surface area contributed by atoms with Gasteiger partial charge in [0.25, 0.3) is 0 Å². The summed E-state index contributed by atoms with van der Waals surface area (Å²) in [5.74, 6) is -0.419. The van der Waals surface area contributed by atoms with Gasteiger partial charge in [-0.2, -0.15) is 0 Å². The zero-order valence-electron chi connectivity index (χ0n) is 8.82. The molecule has 0 bridgehead atoms. The number of ether oxygens (including phenoxy) is 2. The minimum atomic E-state index is -0.419. The lowest BCUT2D eigenvalue weighted by molar-refractivity contribution is -0.139. The molecule has 16 heavy (non-hydrogen) atoms. The van der Waals surface area contributed by atoms with Gasteiger partial charge in [-0.3, -0.25) is 0 Å². The van der Waals surface area contributed by atoms with Gasteiger partial charge in [0.2, 0.25) is 0 Å². The van der Waals surface area contributed by atoms with Crippen LogP contribution in [0.2, 0.25) is 0 Å². The summed E-state index contributed by atoms with van der Waals surface area (Å²) in [5, 5.41) is 0. The molecule has 0 amide bonds. The fourth-order valence-electron chi connectivity index (χ4n) is 1.03. The van der Waals surface area contributed by atoms with Gasteiger partial charge in [-0.25, -0.2) is 4.79 Å². The first-order chi connectivity index (χ1) is 7.72. The minimum absolute atomic E-state index is 0.259. The molecule has 0 radical (unpaired) electrons. The first-order valence-corrected chi connectivity index (χ1v) is 5.91. The van der Waals surface area contributed by atoms with Crippen LogP contribution in [-0.2, 0) is 20.9 Å². The van der Waals surface area contributed by atoms with Gasteiger partial charge in [0.05, 0.1) is 13.2 Å². The molecule has 0 aliphatic heterocycles. The summed E-state index contributed by atoms with van der Waals surface area (Å²) < 4.78 is 11.3. The molecule has 0 saturated heterocycles. The van der Waals surface area contributed by atoms with Crippen LogP contribution in [-0.4, -0.2) is 19.2 Å². The van der Waals surface area contributed by atoms with Gasteiger partial charge in [-0.1, -0.05) is 18.7 Å². The van der Waals surface area contributed by atoms with Gasteiger partial charge in [0.1, 0.15) is 6.61 Å². The third kappa shape index (κ3) is 5.27. The number of carbonyl (C=O) groups excluding carboxylic acids is 1. The van der Waals surface area contributed by atoms with E-state index in [0.717, 1.165) is 11.6 Å². The number of hydrogen-bond acceptors (Lipinski definition) is 3. The maximum Gasteiger partial charge on any atom is 0.330 e. The van der Waals surface area contributed by atoms with Crippen molar-refractivity contribution in [3.63, 3.8) is 0 Å². The van der Waals surface area contributed by atoms with E-state index in [1.165, 1.54) is 3.57 Å². The Hall–Kier alpha value is -0.880. The molecule has 4 heteroatoms. The van der Waals surface area contributed by atoms with Gasteiger partial charge < -0.3 is 9.47 Å². The van der Waals surface area contributed by atoms with Gasteiger partial charge in [-0.05, 0) is 40.3 Å². The molecule has 0 aliphatic carbocycles.